The van der Waals surface area contributed by atoms with Crippen LogP contribution in [0.25, 0.3) is 0 Å². The van der Waals surface area contributed by atoms with Crippen molar-refractivity contribution in [3.05, 3.63) is 27.7 Å². The summed E-state index contributed by atoms with van der Waals surface area (Å²) in [4.78, 5) is 0. The number of aliphatic hydroxyl groups excluding tert-OH is 1. The van der Waals surface area contributed by atoms with E-state index in [-0.39, 0.29) is 5.75 Å². The van der Waals surface area contributed by atoms with Gasteiger partial charge in [0, 0.05) is 12.1 Å². The van der Waals surface area contributed by atoms with E-state index in [1.807, 2.05) is 13.0 Å². The van der Waals surface area contributed by atoms with Crippen molar-refractivity contribution in [1.29, 1.82) is 0 Å². The van der Waals surface area contributed by atoms with Crippen LogP contribution in [0.15, 0.2) is 16.6 Å². The number of aromatic hydroxyl groups is 1. The van der Waals surface area contributed by atoms with Crippen molar-refractivity contribution in [3.63, 3.8) is 0 Å². The van der Waals surface area contributed by atoms with Crippen LogP contribution in [0.1, 0.15) is 17.2 Å². The van der Waals surface area contributed by atoms with E-state index in [0.29, 0.717) is 16.6 Å². The van der Waals surface area contributed by atoms with Gasteiger partial charge < -0.3 is 15.5 Å². The minimum Gasteiger partial charge on any atom is -0.506 e. The summed E-state index contributed by atoms with van der Waals surface area (Å²) in [7, 11) is 1.76. The fourth-order valence-corrected chi connectivity index (χ4v) is 1.74. The van der Waals surface area contributed by atoms with Crippen molar-refractivity contribution in [3.8, 4) is 5.75 Å². The number of halogens is 1. The normalized spacial score (nSPS) is 12.9. The Hall–Kier alpha value is -0.580. The van der Waals surface area contributed by atoms with Gasteiger partial charge in [-0.05, 0) is 41.5 Å². The predicted molar refractivity (Wildman–Crippen MR) is 59.4 cm³/mol. The number of hydrogen-bond acceptors (Lipinski definition) is 3. The second-order valence-corrected chi connectivity index (χ2v) is 4.05. The maximum Gasteiger partial charge on any atom is 0.135 e. The lowest BCUT2D eigenvalue weighted by molar-refractivity contribution is 0.173. The van der Waals surface area contributed by atoms with E-state index >= 15 is 0 Å². The number of benzene rings is 1. The zero-order valence-corrected chi connectivity index (χ0v) is 9.80. The average Bonchev–Trinajstić information content (AvgIpc) is 2.13. The van der Waals surface area contributed by atoms with Gasteiger partial charge in [0.2, 0.25) is 0 Å². The molecule has 0 spiro atoms. The SMILES string of the molecule is CNCC(O)c1c(C)ccc(Br)c1O. The van der Waals surface area contributed by atoms with Crippen molar-refractivity contribution in [2.24, 2.45) is 0 Å². The molecular formula is C10H14BrNO2. The fourth-order valence-electron chi connectivity index (χ4n) is 1.40. The first kappa shape index (κ1) is 11.5. The molecule has 3 nitrogen and oxygen atoms in total. The highest BCUT2D eigenvalue weighted by molar-refractivity contribution is 9.10. The molecule has 0 aromatic heterocycles. The average molecular weight is 260 g/mol. The fraction of sp³-hybridized carbons (Fsp3) is 0.400. The molecule has 0 saturated heterocycles. The summed E-state index contributed by atoms with van der Waals surface area (Å²) in [5.74, 6) is 0.118. The highest BCUT2D eigenvalue weighted by Crippen LogP contribution is 2.34. The molecule has 0 heterocycles. The molecule has 0 aliphatic carbocycles. The molecule has 0 saturated carbocycles. The molecule has 78 valence electrons. The van der Waals surface area contributed by atoms with Crippen molar-refractivity contribution in [2.75, 3.05) is 13.6 Å². The third-order valence-corrected chi connectivity index (χ3v) is 2.76. The number of likely N-dealkylation sites (N-methyl/N-ethyl adjacent to an activating group) is 1. The van der Waals surface area contributed by atoms with E-state index < -0.39 is 6.10 Å². The Balaban J connectivity index is 3.11. The molecule has 1 aromatic rings. The Labute approximate surface area is 91.9 Å². The lowest BCUT2D eigenvalue weighted by atomic mass is 10.0. The van der Waals surface area contributed by atoms with Gasteiger partial charge in [0.1, 0.15) is 5.75 Å². The molecule has 1 unspecified atom stereocenters. The first-order valence-corrected chi connectivity index (χ1v) is 5.17. The van der Waals surface area contributed by atoms with Gasteiger partial charge in [-0.1, -0.05) is 6.07 Å². The van der Waals surface area contributed by atoms with Crippen LogP contribution < -0.4 is 5.32 Å². The van der Waals surface area contributed by atoms with Crippen molar-refractivity contribution in [1.82, 2.24) is 5.32 Å². The maximum atomic E-state index is 9.76. The van der Waals surface area contributed by atoms with Crippen LogP contribution in [-0.2, 0) is 0 Å². The first-order valence-electron chi connectivity index (χ1n) is 4.38. The van der Waals surface area contributed by atoms with Gasteiger partial charge in [0.05, 0.1) is 10.6 Å². The molecule has 0 amide bonds. The number of hydrogen-bond donors (Lipinski definition) is 3. The number of phenolic OH excluding ortho intramolecular Hbond substituents is 1. The van der Waals surface area contributed by atoms with Crippen molar-refractivity contribution < 1.29 is 10.2 Å². The van der Waals surface area contributed by atoms with E-state index in [1.165, 1.54) is 0 Å². The van der Waals surface area contributed by atoms with Gasteiger partial charge >= 0.3 is 0 Å². The summed E-state index contributed by atoms with van der Waals surface area (Å²) in [5.41, 5.74) is 1.46. The summed E-state index contributed by atoms with van der Waals surface area (Å²) >= 11 is 3.22. The van der Waals surface area contributed by atoms with Crippen LogP contribution in [0.4, 0.5) is 0 Å². The zero-order valence-electron chi connectivity index (χ0n) is 8.21. The van der Waals surface area contributed by atoms with Gasteiger partial charge in [0.25, 0.3) is 0 Å². The minimum absolute atomic E-state index is 0.118. The first-order chi connectivity index (χ1) is 6.57. The molecule has 0 fully saturated rings. The van der Waals surface area contributed by atoms with Crippen LogP contribution in [0.3, 0.4) is 0 Å². The standard InChI is InChI=1S/C10H14BrNO2/c1-6-3-4-7(11)10(14)9(6)8(13)5-12-2/h3-4,8,12-14H,5H2,1-2H3. The molecule has 4 heteroatoms. The van der Waals surface area contributed by atoms with Crippen molar-refractivity contribution in [2.45, 2.75) is 13.0 Å². The molecule has 14 heavy (non-hydrogen) atoms. The lowest BCUT2D eigenvalue weighted by Gasteiger charge is -2.15. The maximum absolute atomic E-state index is 9.76. The molecule has 0 aliphatic heterocycles. The number of rotatable bonds is 3. The quantitative estimate of drug-likeness (QED) is 0.775. The minimum atomic E-state index is -0.683. The molecular weight excluding hydrogens is 246 g/mol. The van der Waals surface area contributed by atoms with Gasteiger partial charge in [0.15, 0.2) is 0 Å². The Bertz CT molecular complexity index is 328. The second kappa shape index (κ2) is 4.77. The molecule has 0 bridgehead atoms. The van der Waals surface area contributed by atoms with E-state index in [0.717, 1.165) is 5.56 Å². The smallest absolute Gasteiger partial charge is 0.135 e. The molecule has 3 N–H and O–H groups in total. The van der Waals surface area contributed by atoms with Crippen LogP contribution in [0.2, 0.25) is 0 Å². The van der Waals surface area contributed by atoms with Crippen LogP contribution >= 0.6 is 15.9 Å². The zero-order chi connectivity index (χ0) is 10.7. The number of phenols is 1. The Kier molecular flexibility index (Phi) is 3.92. The number of aliphatic hydroxyl groups is 1. The summed E-state index contributed by atoms with van der Waals surface area (Å²) in [5, 5.41) is 22.4. The molecule has 0 radical (unpaired) electrons. The molecule has 1 rings (SSSR count). The third-order valence-electron chi connectivity index (χ3n) is 2.12. The topological polar surface area (TPSA) is 52.5 Å². The van der Waals surface area contributed by atoms with Crippen LogP contribution in [-0.4, -0.2) is 23.8 Å². The number of nitrogens with one attached hydrogen (secondary N) is 1. The molecule has 0 aliphatic rings. The van der Waals surface area contributed by atoms with E-state index in [9.17, 15) is 10.2 Å². The molecule has 1 aromatic carbocycles. The Morgan fingerprint density at radius 2 is 2.14 bits per heavy atom. The Morgan fingerprint density at radius 1 is 1.50 bits per heavy atom. The summed E-state index contributed by atoms with van der Waals surface area (Å²) in [6, 6.07) is 3.62. The summed E-state index contributed by atoms with van der Waals surface area (Å²) in [6.07, 6.45) is -0.683. The van der Waals surface area contributed by atoms with E-state index in [1.54, 1.807) is 13.1 Å². The number of aryl methyl sites for hydroxylation is 1. The van der Waals surface area contributed by atoms with Crippen LogP contribution in [0.5, 0.6) is 5.75 Å². The van der Waals surface area contributed by atoms with Crippen LogP contribution in [0, 0.1) is 6.92 Å². The molecule has 1 atom stereocenters. The Morgan fingerprint density at radius 3 is 2.71 bits per heavy atom. The van der Waals surface area contributed by atoms with E-state index in [2.05, 4.69) is 21.2 Å². The second-order valence-electron chi connectivity index (χ2n) is 3.20. The monoisotopic (exact) mass is 259 g/mol. The van der Waals surface area contributed by atoms with E-state index in [4.69, 9.17) is 0 Å². The summed E-state index contributed by atoms with van der Waals surface area (Å²) < 4.78 is 0.605. The van der Waals surface area contributed by atoms with Gasteiger partial charge in [-0.25, -0.2) is 0 Å². The third kappa shape index (κ3) is 2.26. The predicted octanol–water partition coefficient (Wildman–Crippen LogP) is 1.72. The highest BCUT2D eigenvalue weighted by atomic mass is 79.9. The largest absolute Gasteiger partial charge is 0.506 e. The van der Waals surface area contributed by atoms with Gasteiger partial charge in [-0.2, -0.15) is 0 Å². The summed E-state index contributed by atoms with van der Waals surface area (Å²) in [6.45, 7) is 2.28. The van der Waals surface area contributed by atoms with Crippen molar-refractivity contribution >= 4 is 15.9 Å². The highest BCUT2D eigenvalue weighted by Gasteiger charge is 2.16. The lowest BCUT2D eigenvalue weighted by Crippen LogP contribution is -2.17. The van der Waals surface area contributed by atoms with Gasteiger partial charge in [-0.15, -0.1) is 0 Å². The van der Waals surface area contributed by atoms with Gasteiger partial charge in [-0.3, -0.25) is 0 Å².